The Balaban J connectivity index is 1.48. The number of benzene rings is 3. The third-order valence-corrected chi connectivity index (χ3v) is 4.55. The molecule has 28 heavy (non-hydrogen) atoms. The molecular formula is C24H25NO3. The van der Waals surface area contributed by atoms with Crippen LogP contribution in [0.5, 0.6) is 17.2 Å². The first kappa shape index (κ1) is 19.5. The van der Waals surface area contributed by atoms with Crippen LogP contribution in [-0.2, 0) is 4.79 Å². The number of anilines is 1. The van der Waals surface area contributed by atoms with Gasteiger partial charge in [-0.2, -0.15) is 0 Å². The lowest BCUT2D eigenvalue weighted by atomic mass is 9.99. The first-order valence-electron chi connectivity index (χ1n) is 9.49. The van der Waals surface area contributed by atoms with Gasteiger partial charge in [-0.3, -0.25) is 4.79 Å². The van der Waals surface area contributed by atoms with Crippen molar-refractivity contribution >= 4 is 11.6 Å². The molecule has 0 aliphatic rings. The molecule has 1 atom stereocenters. The normalized spacial score (nSPS) is 11.5. The summed E-state index contributed by atoms with van der Waals surface area (Å²) in [7, 11) is 0. The molecule has 0 bridgehead atoms. The maximum absolute atomic E-state index is 12.1. The highest BCUT2D eigenvalue weighted by atomic mass is 16.5. The van der Waals surface area contributed by atoms with E-state index in [1.54, 1.807) is 12.1 Å². The minimum absolute atomic E-state index is 0.0368. The summed E-state index contributed by atoms with van der Waals surface area (Å²) in [5, 5.41) is 2.82. The van der Waals surface area contributed by atoms with Crippen molar-refractivity contribution < 1.29 is 14.3 Å². The van der Waals surface area contributed by atoms with Gasteiger partial charge in [-0.05, 0) is 66.4 Å². The fourth-order valence-electron chi connectivity index (χ4n) is 2.71. The molecule has 1 unspecified atom stereocenters. The van der Waals surface area contributed by atoms with Gasteiger partial charge in [0, 0.05) is 5.69 Å². The van der Waals surface area contributed by atoms with Crippen LogP contribution in [0.3, 0.4) is 0 Å². The Morgan fingerprint density at radius 3 is 2.11 bits per heavy atom. The number of hydrogen-bond acceptors (Lipinski definition) is 3. The van der Waals surface area contributed by atoms with Gasteiger partial charge < -0.3 is 14.8 Å². The van der Waals surface area contributed by atoms with E-state index in [1.165, 1.54) is 5.56 Å². The maximum atomic E-state index is 12.1. The number of nitrogens with one attached hydrogen (secondary N) is 1. The Morgan fingerprint density at radius 1 is 0.857 bits per heavy atom. The number of amides is 1. The Morgan fingerprint density at radius 2 is 1.46 bits per heavy atom. The summed E-state index contributed by atoms with van der Waals surface area (Å²) in [5.41, 5.74) is 1.97. The minimum Gasteiger partial charge on any atom is -0.484 e. The number of carbonyl (C=O) groups excluding carboxylic acids is 1. The van der Waals surface area contributed by atoms with E-state index >= 15 is 0 Å². The van der Waals surface area contributed by atoms with Gasteiger partial charge in [-0.25, -0.2) is 0 Å². The van der Waals surface area contributed by atoms with Gasteiger partial charge in [0.25, 0.3) is 5.91 Å². The fourth-order valence-corrected chi connectivity index (χ4v) is 2.71. The third kappa shape index (κ3) is 5.61. The SMILES string of the molecule is CCC(C)c1ccc(OCC(=O)Nc2ccc(Oc3ccccc3)cc2)cc1. The predicted octanol–water partition coefficient (Wildman–Crippen LogP) is 6.01. The zero-order chi connectivity index (χ0) is 19.8. The molecule has 0 aliphatic heterocycles. The van der Waals surface area contributed by atoms with Crippen LogP contribution in [0.15, 0.2) is 78.9 Å². The van der Waals surface area contributed by atoms with Gasteiger partial charge >= 0.3 is 0 Å². The molecule has 0 fully saturated rings. The topological polar surface area (TPSA) is 47.6 Å². The lowest BCUT2D eigenvalue weighted by Crippen LogP contribution is -2.20. The van der Waals surface area contributed by atoms with Crippen LogP contribution in [-0.4, -0.2) is 12.5 Å². The van der Waals surface area contributed by atoms with Gasteiger partial charge in [-0.1, -0.05) is 44.2 Å². The summed E-state index contributed by atoms with van der Waals surface area (Å²) >= 11 is 0. The maximum Gasteiger partial charge on any atom is 0.262 e. The van der Waals surface area contributed by atoms with Gasteiger partial charge in [0.2, 0.25) is 0 Å². The molecule has 0 saturated heterocycles. The highest BCUT2D eigenvalue weighted by Gasteiger charge is 2.06. The Bertz CT molecular complexity index is 874. The van der Waals surface area contributed by atoms with Gasteiger partial charge in [0.15, 0.2) is 6.61 Å². The molecule has 0 radical (unpaired) electrons. The molecule has 1 amide bonds. The van der Waals surface area contributed by atoms with E-state index in [9.17, 15) is 4.79 Å². The van der Waals surface area contributed by atoms with Crippen molar-refractivity contribution in [3.63, 3.8) is 0 Å². The molecule has 0 aromatic heterocycles. The van der Waals surface area contributed by atoms with Gasteiger partial charge in [-0.15, -0.1) is 0 Å². The van der Waals surface area contributed by atoms with Crippen LogP contribution >= 0.6 is 0 Å². The van der Waals surface area contributed by atoms with E-state index in [4.69, 9.17) is 9.47 Å². The summed E-state index contributed by atoms with van der Waals surface area (Å²) in [6.45, 7) is 4.32. The second-order valence-electron chi connectivity index (χ2n) is 6.65. The molecule has 0 spiro atoms. The summed E-state index contributed by atoms with van der Waals surface area (Å²) in [6, 6.07) is 24.7. The van der Waals surface area contributed by atoms with Crippen LogP contribution in [0.4, 0.5) is 5.69 Å². The van der Waals surface area contributed by atoms with E-state index in [1.807, 2.05) is 66.7 Å². The second kappa shape index (κ2) is 9.60. The first-order chi connectivity index (χ1) is 13.6. The van der Waals surface area contributed by atoms with Crippen molar-refractivity contribution in [3.8, 4) is 17.2 Å². The third-order valence-electron chi connectivity index (χ3n) is 4.55. The first-order valence-corrected chi connectivity index (χ1v) is 9.49. The van der Waals surface area contributed by atoms with Crippen LogP contribution in [0, 0.1) is 0 Å². The average molecular weight is 375 g/mol. The zero-order valence-corrected chi connectivity index (χ0v) is 16.2. The van der Waals surface area contributed by atoms with Crippen LogP contribution < -0.4 is 14.8 Å². The molecule has 3 aromatic carbocycles. The molecule has 1 N–H and O–H groups in total. The number of carbonyl (C=O) groups is 1. The van der Waals surface area contributed by atoms with E-state index < -0.39 is 0 Å². The average Bonchev–Trinajstić information content (AvgIpc) is 2.74. The molecule has 3 aromatic rings. The van der Waals surface area contributed by atoms with E-state index in [-0.39, 0.29) is 12.5 Å². The molecular weight excluding hydrogens is 350 g/mol. The lowest BCUT2D eigenvalue weighted by molar-refractivity contribution is -0.118. The Hall–Kier alpha value is -3.27. The number of ether oxygens (including phenoxy) is 2. The van der Waals surface area contributed by atoms with Crippen LogP contribution in [0.2, 0.25) is 0 Å². The molecule has 144 valence electrons. The largest absolute Gasteiger partial charge is 0.484 e. The summed E-state index contributed by atoms with van der Waals surface area (Å²) in [6.07, 6.45) is 1.10. The number of para-hydroxylation sites is 1. The van der Waals surface area contributed by atoms with E-state index in [2.05, 4.69) is 19.2 Å². The van der Waals surface area contributed by atoms with Gasteiger partial charge in [0.1, 0.15) is 17.2 Å². The van der Waals surface area contributed by atoms with Crippen molar-refractivity contribution in [1.82, 2.24) is 0 Å². The van der Waals surface area contributed by atoms with Crippen molar-refractivity contribution in [2.75, 3.05) is 11.9 Å². The van der Waals surface area contributed by atoms with Crippen molar-refractivity contribution in [2.24, 2.45) is 0 Å². The number of hydrogen-bond donors (Lipinski definition) is 1. The number of rotatable bonds is 8. The van der Waals surface area contributed by atoms with Crippen molar-refractivity contribution in [2.45, 2.75) is 26.2 Å². The molecule has 4 nitrogen and oxygen atoms in total. The molecule has 3 rings (SSSR count). The minimum atomic E-state index is -0.206. The monoisotopic (exact) mass is 375 g/mol. The molecule has 0 heterocycles. The highest BCUT2D eigenvalue weighted by molar-refractivity contribution is 5.91. The predicted molar refractivity (Wildman–Crippen MR) is 112 cm³/mol. The Labute approximate surface area is 166 Å². The summed E-state index contributed by atoms with van der Waals surface area (Å²) in [4.78, 5) is 12.1. The van der Waals surface area contributed by atoms with Crippen LogP contribution in [0.1, 0.15) is 31.7 Å². The smallest absolute Gasteiger partial charge is 0.262 e. The van der Waals surface area contributed by atoms with E-state index in [0.29, 0.717) is 23.1 Å². The zero-order valence-electron chi connectivity index (χ0n) is 16.2. The summed E-state index contributed by atoms with van der Waals surface area (Å²) in [5.74, 6) is 2.48. The van der Waals surface area contributed by atoms with Gasteiger partial charge in [0.05, 0.1) is 0 Å². The Kier molecular flexibility index (Phi) is 6.68. The molecule has 0 aliphatic carbocycles. The van der Waals surface area contributed by atoms with Crippen LogP contribution in [0.25, 0.3) is 0 Å². The summed E-state index contributed by atoms with van der Waals surface area (Å²) < 4.78 is 11.3. The van der Waals surface area contributed by atoms with Crippen molar-refractivity contribution in [1.29, 1.82) is 0 Å². The quantitative estimate of drug-likeness (QED) is 0.524. The second-order valence-corrected chi connectivity index (χ2v) is 6.65. The highest BCUT2D eigenvalue weighted by Crippen LogP contribution is 2.23. The molecule has 0 saturated carbocycles. The lowest BCUT2D eigenvalue weighted by Gasteiger charge is -2.11. The molecule has 4 heteroatoms. The fraction of sp³-hybridized carbons (Fsp3) is 0.208. The standard InChI is InChI=1S/C24H25NO3/c1-3-18(2)19-9-13-21(14-10-19)27-17-24(26)25-20-11-15-23(16-12-20)28-22-7-5-4-6-8-22/h4-16,18H,3,17H2,1-2H3,(H,25,26). The van der Waals surface area contributed by atoms with Crippen molar-refractivity contribution in [3.05, 3.63) is 84.4 Å². The van der Waals surface area contributed by atoms with E-state index in [0.717, 1.165) is 12.2 Å².